The second kappa shape index (κ2) is 5.26. The van der Waals surface area contributed by atoms with Crippen LogP contribution in [0, 0.1) is 16.7 Å². The molecule has 0 aliphatic carbocycles. The lowest BCUT2D eigenvalue weighted by Crippen LogP contribution is -2.44. The minimum absolute atomic E-state index is 0.170. The molecule has 0 radical (unpaired) electrons. The van der Waals surface area contributed by atoms with E-state index < -0.39 is 5.41 Å². The number of piperidine rings is 1. The van der Waals surface area contributed by atoms with Gasteiger partial charge in [-0.05, 0) is 12.8 Å². The maximum absolute atomic E-state index is 12.0. The van der Waals surface area contributed by atoms with E-state index in [1.165, 1.54) is 6.20 Å². The van der Waals surface area contributed by atoms with E-state index in [1.807, 2.05) is 4.90 Å². The van der Waals surface area contributed by atoms with Crippen LogP contribution in [0.5, 0.6) is 0 Å². The first kappa shape index (κ1) is 14.3. The number of nitriles is 1. The Balaban J connectivity index is 1.81. The van der Waals surface area contributed by atoms with Crippen molar-refractivity contribution in [1.82, 2.24) is 15.3 Å². The molecule has 2 saturated heterocycles. The molecule has 0 bridgehead atoms. The second-order valence-electron chi connectivity index (χ2n) is 5.61. The summed E-state index contributed by atoms with van der Waals surface area (Å²) in [6.07, 6.45) is 2.91. The number of carbonyl (C=O) groups is 2. The summed E-state index contributed by atoms with van der Waals surface area (Å²) >= 11 is 0. The van der Waals surface area contributed by atoms with E-state index in [0.29, 0.717) is 43.3 Å². The second-order valence-corrected chi connectivity index (χ2v) is 5.61. The maximum Gasteiger partial charge on any atom is 0.233 e. The van der Waals surface area contributed by atoms with Gasteiger partial charge in [-0.25, -0.2) is 4.98 Å². The lowest BCUT2D eigenvalue weighted by Gasteiger charge is -2.37. The first-order chi connectivity index (χ1) is 10.6. The van der Waals surface area contributed by atoms with Crippen LogP contribution in [0.3, 0.4) is 0 Å². The maximum atomic E-state index is 12.0. The molecule has 1 spiro atoms. The number of hydrogen-bond acceptors (Lipinski definition) is 7. The van der Waals surface area contributed by atoms with E-state index in [-0.39, 0.29) is 18.2 Å². The number of aromatic nitrogens is 2. The molecular formula is C14H16N6O2. The van der Waals surface area contributed by atoms with Crippen molar-refractivity contribution in [3.63, 3.8) is 0 Å². The molecule has 114 valence electrons. The topological polar surface area (TPSA) is 111 Å². The van der Waals surface area contributed by atoms with Gasteiger partial charge in [-0.3, -0.25) is 14.9 Å². The van der Waals surface area contributed by atoms with Crippen molar-refractivity contribution in [2.24, 2.45) is 5.41 Å². The molecule has 0 atom stereocenters. The van der Waals surface area contributed by atoms with Crippen molar-refractivity contribution < 1.29 is 9.59 Å². The van der Waals surface area contributed by atoms with Crippen molar-refractivity contribution in [2.45, 2.75) is 19.3 Å². The first-order valence-corrected chi connectivity index (χ1v) is 7.12. The molecule has 8 heteroatoms. The molecule has 2 aliphatic heterocycles. The summed E-state index contributed by atoms with van der Waals surface area (Å²) in [5.41, 5.74) is -0.180. The highest BCUT2D eigenvalue weighted by molar-refractivity contribution is 6.06. The Morgan fingerprint density at radius 1 is 1.41 bits per heavy atom. The zero-order valence-electron chi connectivity index (χ0n) is 12.2. The van der Waals surface area contributed by atoms with Crippen LogP contribution in [0.25, 0.3) is 0 Å². The summed E-state index contributed by atoms with van der Waals surface area (Å²) in [4.78, 5) is 33.8. The van der Waals surface area contributed by atoms with E-state index in [1.54, 1.807) is 7.05 Å². The van der Waals surface area contributed by atoms with Crippen LogP contribution in [0.15, 0.2) is 6.20 Å². The third kappa shape index (κ3) is 2.24. The van der Waals surface area contributed by atoms with Crippen LogP contribution in [0.1, 0.15) is 24.8 Å². The molecule has 3 rings (SSSR count). The number of amides is 2. The Morgan fingerprint density at radius 3 is 2.68 bits per heavy atom. The minimum Gasteiger partial charge on any atom is -0.357 e. The van der Waals surface area contributed by atoms with Gasteiger partial charge < -0.3 is 10.2 Å². The number of rotatable bonds is 2. The molecule has 2 amide bonds. The zero-order valence-corrected chi connectivity index (χ0v) is 12.2. The quantitative estimate of drug-likeness (QED) is 0.741. The fourth-order valence-corrected chi connectivity index (χ4v) is 3.05. The third-order valence-electron chi connectivity index (χ3n) is 4.37. The highest BCUT2D eigenvalue weighted by Crippen LogP contribution is 2.39. The van der Waals surface area contributed by atoms with Gasteiger partial charge >= 0.3 is 0 Å². The average molecular weight is 300 g/mol. The van der Waals surface area contributed by atoms with E-state index in [2.05, 4.69) is 26.7 Å². The highest BCUT2D eigenvalue weighted by Gasteiger charge is 2.48. The molecule has 0 saturated carbocycles. The molecule has 2 N–H and O–H groups in total. The predicted octanol–water partition coefficient (Wildman–Crippen LogP) is 0.0231. The van der Waals surface area contributed by atoms with Gasteiger partial charge in [0.15, 0.2) is 5.82 Å². The largest absolute Gasteiger partial charge is 0.357 e. The zero-order chi connectivity index (χ0) is 15.7. The SMILES string of the molecule is CNc1ncc(C#N)c(N2CCC3(CC2)CC(=O)NC3=O)n1. The molecule has 3 heterocycles. The number of imide groups is 1. The Kier molecular flexibility index (Phi) is 3.41. The molecule has 8 nitrogen and oxygen atoms in total. The third-order valence-corrected chi connectivity index (χ3v) is 4.37. The summed E-state index contributed by atoms with van der Waals surface area (Å²) in [5.74, 6) is 0.649. The standard InChI is InChI=1S/C14H16N6O2/c1-16-13-17-8-9(7-15)11(19-13)20-4-2-14(3-5-20)6-10(21)18-12(14)22/h8H,2-6H2,1H3,(H,16,17,19)(H,18,21,22). The number of carbonyl (C=O) groups excluding carboxylic acids is 2. The average Bonchev–Trinajstić information content (AvgIpc) is 2.81. The Morgan fingerprint density at radius 2 is 2.14 bits per heavy atom. The summed E-state index contributed by atoms with van der Waals surface area (Å²) in [6.45, 7) is 1.16. The summed E-state index contributed by atoms with van der Waals surface area (Å²) < 4.78 is 0. The fraction of sp³-hybridized carbons (Fsp3) is 0.500. The Labute approximate surface area is 127 Å². The Hall–Kier alpha value is -2.69. The molecule has 1 aromatic rings. The number of nitrogens with zero attached hydrogens (tertiary/aromatic N) is 4. The van der Waals surface area contributed by atoms with Crippen molar-refractivity contribution in [3.05, 3.63) is 11.8 Å². The van der Waals surface area contributed by atoms with Gasteiger partial charge in [0, 0.05) is 26.6 Å². The molecule has 2 fully saturated rings. The van der Waals surface area contributed by atoms with Gasteiger partial charge in [0.1, 0.15) is 11.6 Å². The van der Waals surface area contributed by atoms with Crippen LogP contribution < -0.4 is 15.5 Å². The number of anilines is 2. The van der Waals surface area contributed by atoms with Crippen molar-refractivity contribution in [2.75, 3.05) is 30.4 Å². The monoisotopic (exact) mass is 300 g/mol. The molecule has 1 aromatic heterocycles. The first-order valence-electron chi connectivity index (χ1n) is 7.12. The van der Waals surface area contributed by atoms with Gasteiger partial charge in [-0.15, -0.1) is 0 Å². The summed E-state index contributed by atoms with van der Waals surface area (Å²) in [7, 11) is 1.71. The molecule has 22 heavy (non-hydrogen) atoms. The minimum atomic E-state index is -0.584. The van der Waals surface area contributed by atoms with Crippen LogP contribution in [0.4, 0.5) is 11.8 Å². The van der Waals surface area contributed by atoms with Gasteiger partial charge in [-0.2, -0.15) is 10.2 Å². The molecule has 2 aliphatic rings. The van der Waals surface area contributed by atoms with Crippen LogP contribution in [0.2, 0.25) is 0 Å². The van der Waals surface area contributed by atoms with Gasteiger partial charge in [0.05, 0.1) is 11.6 Å². The normalized spacial score (nSPS) is 19.9. The molecule has 0 unspecified atom stereocenters. The highest BCUT2D eigenvalue weighted by atomic mass is 16.2. The van der Waals surface area contributed by atoms with Gasteiger partial charge in [0.25, 0.3) is 0 Å². The van der Waals surface area contributed by atoms with E-state index in [4.69, 9.17) is 0 Å². The number of hydrogen-bond donors (Lipinski definition) is 2. The molecule has 0 aromatic carbocycles. The fourth-order valence-electron chi connectivity index (χ4n) is 3.05. The smallest absolute Gasteiger partial charge is 0.233 e. The molecular weight excluding hydrogens is 284 g/mol. The van der Waals surface area contributed by atoms with E-state index in [0.717, 1.165) is 0 Å². The van der Waals surface area contributed by atoms with Crippen molar-refractivity contribution >= 4 is 23.6 Å². The van der Waals surface area contributed by atoms with Crippen molar-refractivity contribution in [3.8, 4) is 6.07 Å². The lowest BCUT2D eigenvalue weighted by atomic mass is 9.77. The summed E-state index contributed by atoms with van der Waals surface area (Å²) in [6, 6.07) is 2.09. The van der Waals surface area contributed by atoms with Crippen LogP contribution in [-0.2, 0) is 9.59 Å². The summed E-state index contributed by atoms with van der Waals surface area (Å²) in [5, 5.41) is 14.4. The predicted molar refractivity (Wildman–Crippen MR) is 77.9 cm³/mol. The van der Waals surface area contributed by atoms with Crippen LogP contribution in [-0.4, -0.2) is 41.9 Å². The Bertz CT molecular complexity index is 672. The van der Waals surface area contributed by atoms with Crippen LogP contribution >= 0.6 is 0 Å². The van der Waals surface area contributed by atoms with E-state index >= 15 is 0 Å². The van der Waals surface area contributed by atoms with Gasteiger partial charge in [-0.1, -0.05) is 0 Å². The van der Waals surface area contributed by atoms with Crippen molar-refractivity contribution in [1.29, 1.82) is 5.26 Å². The van der Waals surface area contributed by atoms with Gasteiger partial charge in [0.2, 0.25) is 17.8 Å². The number of nitrogens with one attached hydrogen (secondary N) is 2. The lowest BCUT2D eigenvalue weighted by molar-refractivity contribution is -0.129. The van der Waals surface area contributed by atoms with E-state index in [9.17, 15) is 14.9 Å².